The molecule has 2 N–H and O–H groups in total. The molecule has 0 radical (unpaired) electrons. The fraction of sp³-hybridized carbons (Fsp3) is 1.00. The summed E-state index contributed by atoms with van der Waals surface area (Å²) in [5.41, 5.74) is 6.75. The number of rotatable bonds is 5. The maximum Gasteiger partial charge on any atom is 0.0297 e. The molecular weight excluding hydrogens is 196 g/mol. The van der Waals surface area contributed by atoms with Crippen LogP contribution in [-0.4, -0.2) is 29.6 Å². The molecule has 2 nitrogen and oxygen atoms in total. The number of hydrogen-bond acceptors (Lipinski definition) is 2. The van der Waals surface area contributed by atoms with Crippen LogP contribution in [0.25, 0.3) is 0 Å². The Labute approximate surface area is 103 Å². The second kappa shape index (κ2) is 5.50. The van der Waals surface area contributed by atoms with E-state index in [4.69, 9.17) is 5.73 Å². The summed E-state index contributed by atoms with van der Waals surface area (Å²) >= 11 is 0. The quantitative estimate of drug-likeness (QED) is 0.782. The van der Waals surface area contributed by atoms with E-state index in [-0.39, 0.29) is 17.0 Å². The van der Waals surface area contributed by atoms with Crippen molar-refractivity contribution < 1.29 is 0 Å². The lowest BCUT2D eigenvalue weighted by atomic mass is 9.78. The zero-order valence-electron chi connectivity index (χ0n) is 12.6. The van der Waals surface area contributed by atoms with E-state index in [1.807, 2.05) is 0 Å². The molecule has 0 fully saturated rings. The van der Waals surface area contributed by atoms with Gasteiger partial charge in [-0.05, 0) is 39.2 Å². The molecule has 0 aliphatic heterocycles. The Hall–Kier alpha value is -0.0800. The lowest BCUT2D eigenvalue weighted by Crippen LogP contribution is -2.59. The van der Waals surface area contributed by atoms with E-state index in [2.05, 4.69) is 60.4 Å². The molecule has 0 aliphatic rings. The molecule has 0 heterocycles. The molecule has 0 aromatic carbocycles. The monoisotopic (exact) mass is 228 g/mol. The van der Waals surface area contributed by atoms with Gasteiger partial charge >= 0.3 is 0 Å². The largest absolute Gasteiger partial charge is 0.326 e. The fourth-order valence-electron chi connectivity index (χ4n) is 2.36. The minimum atomic E-state index is 0.213. The van der Waals surface area contributed by atoms with Gasteiger partial charge in [-0.25, -0.2) is 0 Å². The van der Waals surface area contributed by atoms with Crippen LogP contribution < -0.4 is 5.73 Å². The van der Waals surface area contributed by atoms with Gasteiger partial charge in [0.25, 0.3) is 0 Å². The lowest BCUT2D eigenvalue weighted by molar-refractivity contribution is 0.0196. The summed E-state index contributed by atoms with van der Waals surface area (Å²) in [6, 6.07) is 0.670. The van der Waals surface area contributed by atoms with Gasteiger partial charge in [0.05, 0.1) is 0 Å². The van der Waals surface area contributed by atoms with Crippen LogP contribution in [0.3, 0.4) is 0 Å². The van der Waals surface area contributed by atoms with Crippen molar-refractivity contribution in [1.82, 2.24) is 4.90 Å². The number of nitrogens with two attached hydrogens (primary N) is 1. The zero-order chi connectivity index (χ0) is 13.1. The summed E-state index contributed by atoms with van der Waals surface area (Å²) in [4.78, 5) is 2.47. The first-order chi connectivity index (χ1) is 7.07. The van der Waals surface area contributed by atoms with Gasteiger partial charge in [0.15, 0.2) is 0 Å². The maximum atomic E-state index is 6.31. The molecule has 0 spiro atoms. The van der Waals surface area contributed by atoms with Gasteiger partial charge in [0, 0.05) is 17.6 Å². The molecule has 2 atom stereocenters. The molecule has 2 unspecified atom stereocenters. The van der Waals surface area contributed by atoms with Crippen molar-refractivity contribution in [2.75, 3.05) is 7.05 Å². The fourth-order valence-corrected chi connectivity index (χ4v) is 2.36. The number of nitrogens with zero attached hydrogens (tertiary/aromatic N) is 1. The molecule has 16 heavy (non-hydrogen) atoms. The van der Waals surface area contributed by atoms with Crippen LogP contribution in [0, 0.1) is 5.41 Å². The summed E-state index contributed by atoms with van der Waals surface area (Å²) < 4.78 is 0. The highest BCUT2D eigenvalue weighted by Gasteiger charge is 2.38. The first-order valence-corrected chi connectivity index (χ1v) is 6.56. The lowest BCUT2D eigenvalue weighted by Gasteiger charge is -2.48. The van der Waals surface area contributed by atoms with Crippen LogP contribution in [0.4, 0.5) is 0 Å². The Morgan fingerprint density at radius 3 is 1.75 bits per heavy atom. The van der Waals surface area contributed by atoms with E-state index in [9.17, 15) is 0 Å². The van der Waals surface area contributed by atoms with Gasteiger partial charge in [-0.2, -0.15) is 0 Å². The van der Waals surface area contributed by atoms with Crippen molar-refractivity contribution in [2.24, 2.45) is 11.1 Å². The van der Waals surface area contributed by atoms with E-state index in [1.165, 1.54) is 0 Å². The highest BCUT2D eigenvalue weighted by molar-refractivity contribution is 4.94. The molecular formula is C14H32N2. The molecule has 0 aromatic rings. The van der Waals surface area contributed by atoms with Gasteiger partial charge in [-0.1, -0.05) is 34.6 Å². The molecule has 2 heteroatoms. The first-order valence-electron chi connectivity index (χ1n) is 6.56. The highest BCUT2D eigenvalue weighted by atomic mass is 15.2. The molecule has 0 saturated heterocycles. The van der Waals surface area contributed by atoms with Crippen LogP contribution >= 0.6 is 0 Å². The summed E-state index contributed by atoms with van der Waals surface area (Å²) in [5, 5.41) is 0. The van der Waals surface area contributed by atoms with Crippen molar-refractivity contribution in [2.45, 2.75) is 78.9 Å². The molecule has 0 amide bonds. The van der Waals surface area contributed by atoms with Gasteiger partial charge in [0.1, 0.15) is 0 Å². The Kier molecular flexibility index (Phi) is 5.48. The number of likely N-dealkylation sites (N-methyl/N-ethyl adjacent to an activating group) is 1. The van der Waals surface area contributed by atoms with E-state index in [0.717, 1.165) is 12.8 Å². The Morgan fingerprint density at radius 2 is 1.50 bits per heavy atom. The topological polar surface area (TPSA) is 29.3 Å². The van der Waals surface area contributed by atoms with E-state index < -0.39 is 0 Å². The molecule has 0 aliphatic carbocycles. The summed E-state index contributed by atoms with van der Waals surface area (Å²) in [7, 11) is 2.22. The van der Waals surface area contributed by atoms with E-state index >= 15 is 0 Å². The normalized spacial score (nSPS) is 17.6. The van der Waals surface area contributed by atoms with Crippen molar-refractivity contribution in [1.29, 1.82) is 0 Å². The SMILES string of the molecule is CCC(N)C(N(C)C(C)(C)CC)C(C)(C)C. The van der Waals surface area contributed by atoms with Crippen LogP contribution in [0.5, 0.6) is 0 Å². The van der Waals surface area contributed by atoms with Crippen LogP contribution in [0.2, 0.25) is 0 Å². The molecule has 0 aromatic heterocycles. The third-order valence-corrected chi connectivity index (χ3v) is 4.00. The van der Waals surface area contributed by atoms with Crippen molar-refractivity contribution >= 4 is 0 Å². The van der Waals surface area contributed by atoms with Crippen molar-refractivity contribution in [3.05, 3.63) is 0 Å². The van der Waals surface area contributed by atoms with Crippen LogP contribution in [0.15, 0.2) is 0 Å². The number of hydrogen-bond donors (Lipinski definition) is 1. The van der Waals surface area contributed by atoms with E-state index in [1.54, 1.807) is 0 Å². The van der Waals surface area contributed by atoms with Crippen LogP contribution in [0.1, 0.15) is 61.3 Å². The van der Waals surface area contributed by atoms with Gasteiger partial charge in [-0.15, -0.1) is 0 Å². The predicted octanol–water partition coefficient (Wildman–Crippen LogP) is 3.26. The van der Waals surface area contributed by atoms with Gasteiger partial charge < -0.3 is 5.73 Å². The molecule has 98 valence electrons. The average molecular weight is 228 g/mol. The smallest absolute Gasteiger partial charge is 0.0297 e. The second-order valence-corrected chi connectivity index (χ2v) is 6.66. The van der Waals surface area contributed by atoms with E-state index in [0.29, 0.717) is 6.04 Å². The second-order valence-electron chi connectivity index (χ2n) is 6.66. The maximum absolute atomic E-state index is 6.31. The average Bonchev–Trinajstić information content (AvgIpc) is 2.15. The Balaban J connectivity index is 5.06. The summed E-state index contributed by atoms with van der Waals surface area (Å²) in [6.07, 6.45) is 2.18. The minimum absolute atomic E-state index is 0.213. The summed E-state index contributed by atoms with van der Waals surface area (Å²) in [6.45, 7) is 15.9. The predicted molar refractivity (Wildman–Crippen MR) is 73.6 cm³/mol. The first kappa shape index (κ1) is 15.9. The molecule has 0 saturated carbocycles. The van der Waals surface area contributed by atoms with Gasteiger partial charge in [0.2, 0.25) is 0 Å². The van der Waals surface area contributed by atoms with Crippen molar-refractivity contribution in [3.63, 3.8) is 0 Å². The minimum Gasteiger partial charge on any atom is -0.326 e. The Bertz CT molecular complexity index is 203. The highest BCUT2D eigenvalue weighted by Crippen LogP contribution is 2.32. The molecule has 0 bridgehead atoms. The van der Waals surface area contributed by atoms with Crippen molar-refractivity contribution in [3.8, 4) is 0 Å². The van der Waals surface area contributed by atoms with Crippen LogP contribution in [-0.2, 0) is 0 Å². The third-order valence-electron chi connectivity index (χ3n) is 4.00. The zero-order valence-corrected chi connectivity index (χ0v) is 12.6. The van der Waals surface area contributed by atoms with Gasteiger partial charge in [-0.3, -0.25) is 4.90 Å². The summed E-state index contributed by atoms with van der Waals surface area (Å²) in [5.74, 6) is 0. The Morgan fingerprint density at radius 1 is 1.06 bits per heavy atom. The third kappa shape index (κ3) is 3.74. The standard InChI is InChI=1S/C14H32N2/c1-9-11(15)12(13(3,4)5)16(8)14(6,7)10-2/h11-12H,9-10,15H2,1-8H3. The molecule has 0 rings (SSSR count).